The molecule has 1 aliphatic carbocycles. The number of nitro groups is 1. The van der Waals surface area contributed by atoms with E-state index >= 15 is 0 Å². The van der Waals surface area contributed by atoms with Crippen LogP contribution in [-0.4, -0.2) is 20.6 Å². The van der Waals surface area contributed by atoms with Gasteiger partial charge in [0, 0.05) is 22.8 Å². The third kappa shape index (κ3) is 1.43. The molecule has 1 heterocycles. The van der Waals surface area contributed by atoms with Gasteiger partial charge in [-0.1, -0.05) is 24.3 Å². The van der Waals surface area contributed by atoms with Crippen molar-refractivity contribution in [1.29, 1.82) is 0 Å². The van der Waals surface area contributed by atoms with Crippen LogP contribution >= 0.6 is 0 Å². The van der Waals surface area contributed by atoms with Crippen molar-refractivity contribution < 1.29 is 13.9 Å². The summed E-state index contributed by atoms with van der Waals surface area (Å²) in [7, 11) is -1.57. The van der Waals surface area contributed by atoms with E-state index in [0.29, 0.717) is 27.3 Å². The van der Waals surface area contributed by atoms with Crippen LogP contribution in [0.1, 0.15) is 27.0 Å². The Morgan fingerprint density at radius 2 is 1.76 bits per heavy atom. The lowest BCUT2D eigenvalue weighted by Crippen LogP contribution is -2.21. The average Bonchev–Trinajstić information content (AvgIpc) is 2.82. The maximum Gasteiger partial charge on any atom is 0.281 e. The molecule has 0 radical (unpaired) electrons. The van der Waals surface area contributed by atoms with Crippen molar-refractivity contribution in [3.05, 3.63) is 68.8 Å². The number of carbonyl (C=O) groups is 1. The van der Waals surface area contributed by atoms with Gasteiger partial charge >= 0.3 is 0 Å². The van der Waals surface area contributed by atoms with Gasteiger partial charge in [-0.3, -0.25) is 14.9 Å². The highest BCUT2D eigenvalue weighted by Gasteiger charge is 2.39. The summed E-state index contributed by atoms with van der Waals surface area (Å²) in [4.78, 5) is 23.7. The lowest BCUT2D eigenvalue weighted by molar-refractivity contribution is -0.385. The third-order valence-corrected chi connectivity index (χ3v) is 4.66. The molecule has 1 aliphatic heterocycles. The summed E-state index contributed by atoms with van der Waals surface area (Å²) in [6, 6.07) is 9.24. The number of nitrogens with zero attached hydrogens (tertiary/aromatic N) is 2. The summed E-state index contributed by atoms with van der Waals surface area (Å²) >= 11 is 0. The molecule has 102 valence electrons. The van der Waals surface area contributed by atoms with E-state index in [2.05, 4.69) is 4.40 Å². The summed E-state index contributed by atoms with van der Waals surface area (Å²) in [5.41, 5.74) is 1.39. The van der Waals surface area contributed by atoms with Crippen LogP contribution in [0, 0.1) is 10.1 Å². The number of hydrogen-bond donors (Lipinski definition) is 0. The Bertz CT molecular complexity index is 917. The van der Waals surface area contributed by atoms with Crippen LogP contribution in [0.4, 0.5) is 5.69 Å². The average molecular weight is 298 g/mol. The molecular formula is C14H6N2O4S. The fourth-order valence-corrected chi connectivity index (χ4v) is 3.76. The Labute approximate surface area is 120 Å². The number of hydrogen-bond acceptors (Lipinski definition) is 4. The number of rotatable bonds is 1. The van der Waals surface area contributed by atoms with Crippen molar-refractivity contribution in [2.75, 3.05) is 0 Å². The summed E-state index contributed by atoms with van der Waals surface area (Å²) in [6.45, 7) is 0. The zero-order chi connectivity index (χ0) is 14.7. The molecule has 0 saturated carbocycles. The van der Waals surface area contributed by atoms with Gasteiger partial charge in [-0.25, -0.2) is 4.21 Å². The number of carbonyl (C=O) groups excluding carboxylic acids is 1. The highest BCUT2D eigenvalue weighted by atomic mass is 32.2. The van der Waals surface area contributed by atoms with Crippen molar-refractivity contribution in [3.8, 4) is 0 Å². The Hall–Kier alpha value is -2.67. The first-order chi connectivity index (χ1) is 10.1. The summed E-state index contributed by atoms with van der Waals surface area (Å²) in [6.07, 6.45) is 0. The normalized spacial score (nSPS) is 18.0. The molecule has 6 nitrogen and oxygen atoms in total. The molecule has 0 amide bonds. The zero-order valence-corrected chi connectivity index (χ0v) is 11.2. The zero-order valence-electron chi connectivity index (χ0n) is 10.4. The monoisotopic (exact) mass is 298 g/mol. The fourth-order valence-electron chi connectivity index (χ4n) is 2.73. The van der Waals surface area contributed by atoms with Crippen LogP contribution < -0.4 is 0 Å². The van der Waals surface area contributed by atoms with E-state index in [1.165, 1.54) is 12.1 Å². The molecule has 0 saturated heterocycles. The minimum absolute atomic E-state index is 0.0183. The van der Waals surface area contributed by atoms with Gasteiger partial charge < -0.3 is 0 Å². The predicted octanol–water partition coefficient (Wildman–Crippen LogP) is 2.01. The van der Waals surface area contributed by atoms with E-state index in [-0.39, 0.29) is 11.3 Å². The van der Waals surface area contributed by atoms with E-state index in [4.69, 9.17) is 0 Å². The second-order valence-corrected chi connectivity index (χ2v) is 5.77. The number of fused-ring (bicyclic) bond motifs is 2. The largest absolute Gasteiger partial charge is 0.288 e. The van der Waals surface area contributed by atoms with Gasteiger partial charge in [0.25, 0.3) is 5.69 Å². The minimum atomic E-state index is -1.57. The maximum absolute atomic E-state index is 12.6. The molecule has 7 heteroatoms. The van der Waals surface area contributed by atoms with E-state index in [1.54, 1.807) is 24.3 Å². The van der Waals surface area contributed by atoms with E-state index in [0.717, 1.165) is 0 Å². The van der Waals surface area contributed by atoms with Crippen LogP contribution in [0.15, 0.2) is 45.7 Å². The SMILES string of the molecule is O=C1c2cccc3c2C(=NS3=O)c2cccc([N+](=O)[O-])c21. The van der Waals surface area contributed by atoms with Gasteiger partial charge in [-0.2, -0.15) is 4.40 Å². The van der Waals surface area contributed by atoms with Crippen LogP contribution in [0.3, 0.4) is 0 Å². The van der Waals surface area contributed by atoms with Crippen molar-refractivity contribution in [2.45, 2.75) is 4.90 Å². The molecule has 21 heavy (non-hydrogen) atoms. The molecule has 0 aromatic heterocycles. The highest BCUT2D eigenvalue weighted by Crippen LogP contribution is 2.38. The summed E-state index contributed by atoms with van der Waals surface area (Å²) in [5.74, 6) is -0.424. The Kier molecular flexibility index (Phi) is 2.26. The molecule has 4 rings (SSSR count). The molecule has 0 bridgehead atoms. The molecule has 0 fully saturated rings. The Balaban J connectivity index is 2.15. The number of nitro benzene ring substituents is 1. The fraction of sp³-hybridized carbons (Fsp3) is 0. The first-order valence-electron chi connectivity index (χ1n) is 6.06. The van der Waals surface area contributed by atoms with Gasteiger partial charge in [0.1, 0.15) is 5.56 Å². The quantitative estimate of drug-likeness (QED) is 0.507. The summed E-state index contributed by atoms with van der Waals surface area (Å²) < 4.78 is 16.1. The van der Waals surface area contributed by atoms with Crippen molar-refractivity contribution in [2.24, 2.45) is 4.40 Å². The van der Waals surface area contributed by atoms with E-state index in [1.807, 2.05) is 0 Å². The molecule has 2 aromatic rings. The maximum atomic E-state index is 12.6. The van der Waals surface area contributed by atoms with Crippen molar-refractivity contribution >= 4 is 28.2 Å². The van der Waals surface area contributed by atoms with Crippen LogP contribution in [0.25, 0.3) is 0 Å². The first-order valence-corrected chi connectivity index (χ1v) is 7.16. The lowest BCUT2D eigenvalue weighted by atomic mass is 9.83. The van der Waals surface area contributed by atoms with Crippen LogP contribution in [0.2, 0.25) is 0 Å². The Morgan fingerprint density at radius 3 is 2.52 bits per heavy atom. The summed E-state index contributed by atoms with van der Waals surface area (Å²) in [5, 5.41) is 11.2. The number of ketones is 1. The topological polar surface area (TPSA) is 89.6 Å². The molecule has 1 unspecified atom stereocenters. The molecular weight excluding hydrogens is 292 g/mol. The number of benzene rings is 2. The highest BCUT2D eigenvalue weighted by molar-refractivity contribution is 7.84. The molecule has 2 aliphatic rings. The van der Waals surface area contributed by atoms with Crippen LogP contribution in [0.5, 0.6) is 0 Å². The van der Waals surface area contributed by atoms with Crippen LogP contribution in [-0.2, 0) is 11.0 Å². The minimum Gasteiger partial charge on any atom is -0.288 e. The van der Waals surface area contributed by atoms with E-state index < -0.39 is 21.7 Å². The third-order valence-electron chi connectivity index (χ3n) is 3.59. The second kappa shape index (κ2) is 3.92. The predicted molar refractivity (Wildman–Crippen MR) is 75.0 cm³/mol. The van der Waals surface area contributed by atoms with Crippen molar-refractivity contribution in [1.82, 2.24) is 0 Å². The van der Waals surface area contributed by atoms with Gasteiger partial charge in [0.05, 0.1) is 15.5 Å². The van der Waals surface area contributed by atoms with Gasteiger partial charge in [0.15, 0.2) is 11.0 Å². The van der Waals surface area contributed by atoms with Gasteiger partial charge in [-0.15, -0.1) is 0 Å². The molecule has 2 aromatic carbocycles. The smallest absolute Gasteiger partial charge is 0.281 e. The second-order valence-electron chi connectivity index (χ2n) is 4.65. The Morgan fingerprint density at radius 1 is 1.05 bits per heavy atom. The van der Waals surface area contributed by atoms with Gasteiger partial charge in [0.2, 0.25) is 5.78 Å². The van der Waals surface area contributed by atoms with Gasteiger partial charge in [-0.05, 0) is 6.07 Å². The molecule has 0 N–H and O–H groups in total. The first kappa shape index (κ1) is 12.1. The lowest BCUT2D eigenvalue weighted by Gasteiger charge is -2.17. The molecule has 0 spiro atoms. The van der Waals surface area contributed by atoms with E-state index in [9.17, 15) is 19.1 Å². The molecule has 1 atom stereocenters. The standard InChI is InChI=1S/C14H6N2O4S/c17-14-8-4-2-6-10-12(8)13(15-21(10)20)7-3-1-5-9(11(7)14)16(18)19/h1-6H. The van der Waals surface area contributed by atoms with Crippen molar-refractivity contribution in [3.63, 3.8) is 0 Å².